The first-order valence-corrected chi connectivity index (χ1v) is 8.94. The SMILES string of the molecule is CCCC(C)NC(=O)c1cccc(NS(=O)(=O)CCC)c1. The molecule has 0 aromatic heterocycles. The lowest BCUT2D eigenvalue weighted by Gasteiger charge is -2.13. The Kier molecular flexibility index (Phi) is 6.68. The molecule has 0 saturated carbocycles. The van der Waals surface area contributed by atoms with Crippen LogP contribution in [0.25, 0.3) is 0 Å². The van der Waals surface area contributed by atoms with E-state index >= 15 is 0 Å². The van der Waals surface area contributed by atoms with Gasteiger partial charge < -0.3 is 5.32 Å². The second-order valence-corrected chi connectivity index (χ2v) is 7.01. The number of hydrogen-bond donors (Lipinski definition) is 2. The summed E-state index contributed by atoms with van der Waals surface area (Å²) >= 11 is 0. The topological polar surface area (TPSA) is 75.3 Å². The molecule has 0 fully saturated rings. The zero-order valence-corrected chi connectivity index (χ0v) is 13.7. The minimum atomic E-state index is -3.34. The number of hydrogen-bond acceptors (Lipinski definition) is 3. The molecule has 0 spiro atoms. The molecule has 6 heteroatoms. The standard InChI is InChI=1S/C15H24N2O3S/c1-4-7-12(3)16-15(18)13-8-6-9-14(11-13)17-21(19,20)10-5-2/h6,8-9,11-12,17H,4-5,7,10H2,1-3H3,(H,16,18). The van der Waals surface area contributed by atoms with E-state index in [9.17, 15) is 13.2 Å². The molecule has 118 valence electrons. The highest BCUT2D eigenvalue weighted by molar-refractivity contribution is 7.92. The van der Waals surface area contributed by atoms with Crippen LogP contribution in [-0.2, 0) is 10.0 Å². The lowest BCUT2D eigenvalue weighted by molar-refractivity contribution is 0.0938. The summed E-state index contributed by atoms with van der Waals surface area (Å²) in [6.07, 6.45) is 2.46. The summed E-state index contributed by atoms with van der Waals surface area (Å²) in [6, 6.07) is 6.64. The van der Waals surface area contributed by atoms with Crippen molar-refractivity contribution < 1.29 is 13.2 Å². The molecule has 1 aromatic rings. The third-order valence-corrected chi connectivity index (χ3v) is 4.46. The van der Waals surface area contributed by atoms with E-state index in [1.54, 1.807) is 31.2 Å². The Morgan fingerprint density at radius 3 is 2.57 bits per heavy atom. The van der Waals surface area contributed by atoms with E-state index in [4.69, 9.17) is 0 Å². The molecule has 0 saturated heterocycles. The van der Waals surface area contributed by atoms with Crippen molar-refractivity contribution in [2.45, 2.75) is 46.1 Å². The van der Waals surface area contributed by atoms with Gasteiger partial charge in [0.1, 0.15) is 0 Å². The Balaban J connectivity index is 2.78. The van der Waals surface area contributed by atoms with Crippen LogP contribution in [0.15, 0.2) is 24.3 Å². The van der Waals surface area contributed by atoms with Gasteiger partial charge in [0.2, 0.25) is 10.0 Å². The van der Waals surface area contributed by atoms with Gasteiger partial charge >= 0.3 is 0 Å². The summed E-state index contributed by atoms with van der Waals surface area (Å²) in [5.74, 6) is -0.121. The zero-order valence-electron chi connectivity index (χ0n) is 12.8. The van der Waals surface area contributed by atoms with Crippen LogP contribution in [0, 0.1) is 0 Å². The van der Waals surface area contributed by atoms with E-state index in [2.05, 4.69) is 17.0 Å². The quantitative estimate of drug-likeness (QED) is 0.775. The van der Waals surface area contributed by atoms with Gasteiger partial charge in [-0.2, -0.15) is 0 Å². The summed E-state index contributed by atoms with van der Waals surface area (Å²) in [7, 11) is -3.34. The number of carbonyl (C=O) groups is 1. The van der Waals surface area contributed by atoms with Crippen molar-refractivity contribution in [3.05, 3.63) is 29.8 Å². The third-order valence-electron chi connectivity index (χ3n) is 2.97. The normalized spacial score (nSPS) is 12.7. The Labute approximate surface area is 127 Å². The van der Waals surface area contributed by atoms with Gasteiger partial charge in [-0.1, -0.05) is 26.3 Å². The van der Waals surface area contributed by atoms with Crippen LogP contribution in [-0.4, -0.2) is 26.1 Å². The smallest absolute Gasteiger partial charge is 0.251 e. The predicted molar refractivity (Wildman–Crippen MR) is 86.0 cm³/mol. The highest BCUT2D eigenvalue weighted by Gasteiger charge is 2.12. The van der Waals surface area contributed by atoms with Crippen LogP contribution in [0.1, 0.15) is 50.4 Å². The van der Waals surface area contributed by atoms with Crippen LogP contribution in [0.2, 0.25) is 0 Å². The molecular weight excluding hydrogens is 288 g/mol. The molecule has 2 N–H and O–H groups in total. The Hall–Kier alpha value is -1.56. The predicted octanol–water partition coefficient (Wildman–Crippen LogP) is 2.76. The van der Waals surface area contributed by atoms with Gasteiger partial charge in [-0.25, -0.2) is 8.42 Å². The molecule has 1 rings (SSSR count). The van der Waals surface area contributed by atoms with E-state index in [0.29, 0.717) is 17.7 Å². The molecule has 1 atom stereocenters. The van der Waals surface area contributed by atoms with Gasteiger partial charge in [-0.05, 0) is 38.0 Å². The lowest BCUT2D eigenvalue weighted by Crippen LogP contribution is -2.32. The van der Waals surface area contributed by atoms with Crippen molar-refractivity contribution in [1.82, 2.24) is 5.32 Å². The number of amides is 1. The van der Waals surface area contributed by atoms with Gasteiger partial charge in [0.05, 0.1) is 5.75 Å². The molecule has 1 aromatic carbocycles. The van der Waals surface area contributed by atoms with E-state index in [0.717, 1.165) is 12.8 Å². The Morgan fingerprint density at radius 2 is 1.95 bits per heavy atom. The first kappa shape index (κ1) is 17.5. The number of rotatable bonds is 8. The van der Waals surface area contributed by atoms with Crippen molar-refractivity contribution in [3.63, 3.8) is 0 Å². The van der Waals surface area contributed by atoms with Crippen LogP contribution in [0.3, 0.4) is 0 Å². The third kappa shape index (κ3) is 6.16. The summed E-state index contributed by atoms with van der Waals surface area (Å²) in [5, 5.41) is 2.90. The van der Waals surface area contributed by atoms with Gasteiger partial charge in [-0.3, -0.25) is 9.52 Å². The zero-order chi connectivity index (χ0) is 15.9. The maximum atomic E-state index is 12.1. The van der Waals surface area contributed by atoms with E-state index in [-0.39, 0.29) is 17.7 Å². The van der Waals surface area contributed by atoms with Crippen LogP contribution >= 0.6 is 0 Å². The first-order chi connectivity index (χ1) is 9.88. The summed E-state index contributed by atoms with van der Waals surface area (Å²) in [6.45, 7) is 5.82. The van der Waals surface area contributed by atoms with Crippen molar-refractivity contribution in [1.29, 1.82) is 0 Å². The first-order valence-electron chi connectivity index (χ1n) is 7.29. The fraction of sp³-hybridized carbons (Fsp3) is 0.533. The Bertz CT molecular complexity index is 570. The highest BCUT2D eigenvalue weighted by Crippen LogP contribution is 2.13. The molecule has 21 heavy (non-hydrogen) atoms. The maximum Gasteiger partial charge on any atom is 0.251 e. The number of nitrogens with one attached hydrogen (secondary N) is 2. The van der Waals surface area contributed by atoms with Crippen molar-refractivity contribution in [2.24, 2.45) is 0 Å². The van der Waals surface area contributed by atoms with Crippen molar-refractivity contribution in [2.75, 3.05) is 10.5 Å². The molecule has 1 amide bonds. The molecule has 0 heterocycles. The molecule has 0 aliphatic carbocycles. The summed E-state index contributed by atoms with van der Waals surface area (Å²) in [5.41, 5.74) is 0.869. The Morgan fingerprint density at radius 1 is 1.24 bits per heavy atom. The number of carbonyl (C=O) groups excluding carboxylic acids is 1. The van der Waals surface area contributed by atoms with Crippen LogP contribution in [0.4, 0.5) is 5.69 Å². The molecule has 5 nitrogen and oxygen atoms in total. The molecule has 0 bridgehead atoms. The highest BCUT2D eigenvalue weighted by atomic mass is 32.2. The minimum absolute atomic E-state index is 0.0664. The van der Waals surface area contributed by atoms with E-state index in [1.165, 1.54) is 0 Å². The second kappa shape index (κ2) is 8.02. The minimum Gasteiger partial charge on any atom is -0.350 e. The monoisotopic (exact) mass is 312 g/mol. The number of benzene rings is 1. The molecule has 1 unspecified atom stereocenters. The van der Waals surface area contributed by atoms with Gasteiger partial charge in [0, 0.05) is 17.3 Å². The summed E-state index contributed by atoms with van der Waals surface area (Å²) < 4.78 is 25.9. The second-order valence-electron chi connectivity index (χ2n) is 5.16. The number of anilines is 1. The molecule has 0 aliphatic rings. The van der Waals surface area contributed by atoms with E-state index in [1.807, 2.05) is 6.92 Å². The van der Waals surface area contributed by atoms with E-state index < -0.39 is 10.0 Å². The van der Waals surface area contributed by atoms with Crippen LogP contribution < -0.4 is 10.0 Å². The largest absolute Gasteiger partial charge is 0.350 e. The van der Waals surface area contributed by atoms with Gasteiger partial charge in [0.15, 0.2) is 0 Å². The summed E-state index contributed by atoms with van der Waals surface area (Å²) in [4.78, 5) is 12.1. The van der Waals surface area contributed by atoms with Crippen molar-refractivity contribution in [3.8, 4) is 0 Å². The molecule has 0 aliphatic heterocycles. The average Bonchev–Trinajstić information content (AvgIpc) is 2.38. The van der Waals surface area contributed by atoms with Gasteiger partial charge in [-0.15, -0.1) is 0 Å². The fourth-order valence-corrected chi connectivity index (χ4v) is 3.16. The number of sulfonamides is 1. The average molecular weight is 312 g/mol. The van der Waals surface area contributed by atoms with Crippen LogP contribution in [0.5, 0.6) is 0 Å². The molecule has 0 radical (unpaired) electrons. The molecular formula is C15H24N2O3S. The van der Waals surface area contributed by atoms with Gasteiger partial charge in [0.25, 0.3) is 5.91 Å². The fourth-order valence-electron chi connectivity index (χ4n) is 2.04. The lowest BCUT2D eigenvalue weighted by atomic mass is 10.1. The van der Waals surface area contributed by atoms with Crippen molar-refractivity contribution >= 4 is 21.6 Å². The maximum absolute atomic E-state index is 12.1.